The molecule has 4 rings (SSSR count). The summed E-state index contributed by atoms with van der Waals surface area (Å²) in [5.41, 5.74) is 2.50. The van der Waals surface area contributed by atoms with Crippen LogP contribution in [0.1, 0.15) is 23.2 Å². The van der Waals surface area contributed by atoms with Gasteiger partial charge in [0.1, 0.15) is 17.3 Å². The van der Waals surface area contributed by atoms with Crippen molar-refractivity contribution >= 4 is 28.5 Å². The monoisotopic (exact) mass is 364 g/mol. The Morgan fingerprint density at radius 1 is 1.07 bits per heavy atom. The highest BCUT2D eigenvalue weighted by molar-refractivity contribution is 5.96. The topological polar surface area (TPSA) is 113 Å². The van der Waals surface area contributed by atoms with Gasteiger partial charge in [0, 0.05) is 29.8 Å². The third-order valence-corrected chi connectivity index (χ3v) is 4.18. The third kappa shape index (κ3) is 3.85. The molecule has 0 saturated heterocycles. The number of anilines is 1. The van der Waals surface area contributed by atoms with Crippen molar-refractivity contribution in [1.82, 2.24) is 15.4 Å². The highest BCUT2D eigenvalue weighted by Crippen LogP contribution is 2.31. The molecule has 0 spiro atoms. The summed E-state index contributed by atoms with van der Waals surface area (Å²) in [6.45, 7) is 0. The van der Waals surface area contributed by atoms with Crippen molar-refractivity contribution in [2.24, 2.45) is 5.92 Å². The van der Waals surface area contributed by atoms with E-state index < -0.39 is 5.91 Å². The number of nitrogens with one attached hydrogen (secondary N) is 2. The number of amides is 2. The first-order valence-corrected chi connectivity index (χ1v) is 8.41. The molecule has 0 aliphatic heterocycles. The summed E-state index contributed by atoms with van der Waals surface area (Å²) in [7, 11) is 0. The van der Waals surface area contributed by atoms with Crippen molar-refractivity contribution in [2.75, 3.05) is 5.32 Å². The molecule has 0 unspecified atom stereocenters. The van der Waals surface area contributed by atoms with Gasteiger partial charge >= 0.3 is 0 Å². The predicted octanol–water partition coefficient (Wildman–Crippen LogP) is 2.89. The molecule has 0 atom stereocenters. The Bertz CT molecular complexity index is 1030. The Hall–Kier alpha value is -3.52. The number of hydrogen-bond donors (Lipinski definition) is 3. The Morgan fingerprint density at radius 3 is 2.67 bits per heavy atom. The maximum absolute atomic E-state index is 11.9. The van der Waals surface area contributed by atoms with Gasteiger partial charge in [-0.25, -0.2) is 10.5 Å². The van der Waals surface area contributed by atoms with E-state index in [1.807, 2.05) is 0 Å². The van der Waals surface area contributed by atoms with Crippen molar-refractivity contribution in [2.45, 2.75) is 12.8 Å². The van der Waals surface area contributed by atoms with Gasteiger partial charge < -0.3 is 10.1 Å². The summed E-state index contributed by atoms with van der Waals surface area (Å²) in [5, 5.41) is 12.2. The van der Waals surface area contributed by atoms with Crippen LogP contribution in [0.5, 0.6) is 11.5 Å². The molecule has 8 nitrogen and oxygen atoms in total. The molecule has 2 aromatic heterocycles. The summed E-state index contributed by atoms with van der Waals surface area (Å²) in [6, 6.07) is 10.2. The van der Waals surface area contributed by atoms with Crippen LogP contribution in [0.15, 0.2) is 48.8 Å². The van der Waals surface area contributed by atoms with E-state index in [0.29, 0.717) is 28.2 Å². The van der Waals surface area contributed by atoms with Crippen LogP contribution in [-0.2, 0) is 4.79 Å². The average Bonchev–Trinajstić information content (AvgIpc) is 3.52. The highest BCUT2D eigenvalue weighted by Gasteiger charge is 2.29. The van der Waals surface area contributed by atoms with Gasteiger partial charge in [-0.3, -0.25) is 19.8 Å². The number of benzene rings is 1. The van der Waals surface area contributed by atoms with Gasteiger partial charge in [-0.05, 0) is 43.2 Å². The Labute approximate surface area is 154 Å². The van der Waals surface area contributed by atoms with Crippen LogP contribution in [0.3, 0.4) is 0 Å². The Balaban J connectivity index is 1.55. The summed E-state index contributed by atoms with van der Waals surface area (Å²) in [4.78, 5) is 31.7. The smallest absolute Gasteiger partial charge is 0.276 e. The maximum atomic E-state index is 11.9. The predicted molar refractivity (Wildman–Crippen MR) is 96.7 cm³/mol. The first-order valence-electron chi connectivity index (χ1n) is 8.41. The fourth-order valence-electron chi connectivity index (χ4n) is 2.61. The van der Waals surface area contributed by atoms with Crippen LogP contribution in [0.25, 0.3) is 10.9 Å². The van der Waals surface area contributed by atoms with Gasteiger partial charge in [-0.1, -0.05) is 0 Å². The lowest BCUT2D eigenvalue weighted by Gasteiger charge is -2.09. The minimum atomic E-state index is -0.638. The molecule has 0 bridgehead atoms. The number of hydroxylamine groups is 1. The van der Waals surface area contributed by atoms with E-state index in [2.05, 4.69) is 15.3 Å². The van der Waals surface area contributed by atoms with Crippen LogP contribution in [0, 0.1) is 5.92 Å². The van der Waals surface area contributed by atoms with Crippen LogP contribution in [0.4, 0.5) is 5.82 Å². The number of ether oxygens (including phenoxy) is 1. The maximum Gasteiger partial charge on any atom is 0.276 e. The van der Waals surface area contributed by atoms with Crippen LogP contribution in [-0.4, -0.2) is 27.0 Å². The second-order valence-electron chi connectivity index (χ2n) is 6.26. The van der Waals surface area contributed by atoms with E-state index in [9.17, 15) is 9.59 Å². The van der Waals surface area contributed by atoms with Gasteiger partial charge in [0.25, 0.3) is 5.91 Å². The largest absolute Gasteiger partial charge is 0.457 e. The molecule has 2 amide bonds. The Kier molecular flexibility index (Phi) is 4.39. The highest BCUT2D eigenvalue weighted by atomic mass is 16.5. The van der Waals surface area contributed by atoms with Crippen LogP contribution < -0.4 is 15.5 Å². The molecule has 0 radical (unpaired) electrons. The zero-order valence-corrected chi connectivity index (χ0v) is 14.2. The van der Waals surface area contributed by atoms with Gasteiger partial charge in [-0.15, -0.1) is 0 Å². The van der Waals surface area contributed by atoms with E-state index in [1.54, 1.807) is 48.1 Å². The van der Waals surface area contributed by atoms with E-state index in [0.717, 1.165) is 12.8 Å². The van der Waals surface area contributed by atoms with Crippen molar-refractivity contribution in [1.29, 1.82) is 0 Å². The second kappa shape index (κ2) is 7.00. The lowest BCUT2D eigenvalue weighted by Crippen LogP contribution is -2.18. The molecular formula is C19H16N4O4. The number of pyridine rings is 2. The molecule has 136 valence electrons. The zero-order chi connectivity index (χ0) is 18.8. The number of nitrogens with zero attached hydrogens (tertiary/aromatic N) is 2. The van der Waals surface area contributed by atoms with E-state index in [-0.39, 0.29) is 17.4 Å². The summed E-state index contributed by atoms with van der Waals surface area (Å²) < 4.78 is 5.84. The summed E-state index contributed by atoms with van der Waals surface area (Å²) in [5.74, 6) is 0.930. The lowest BCUT2D eigenvalue weighted by molar-refractivity contribution is -0.117. The molecule has 1 saturated carbocycles. The SMILES string of the molecule is O=C(NO)c1cnc2ccc(Oc3ccnc(NC(=O)C4CC4)c3)cc2c1. The molecule has 1 aliphatic carbocycles. The van der Waals surface area contributed by atoms with Crippen molar-refractivity contribution < 1.29 is 19.5 Å². The van der Waals surface area contributed by atoms with Gasteiger partial charge in [0.2, 0.25) is 5.91 Å². The zero-order valence-electron chi connectivity index (χ0n) is 14.2. The molecule has 1 aromatic carbocycles. The van der Waals surface area contributed by atoms with Crippen LogP contribution in [0.2, 0.25) is 0 Å². The van der Waals surface area contributed by atoms with Crippen molar-refractivity contribution in [3.05, 3.63) is 54.4 Å². The van der Waals surface area contributed by atoms with Crippen molar-refractivity contribution in [3.63, 3.8) is 0 Å². The van der Waals surface area contributed by atoms with Crippen molar-refractivity contribution in [3.8, 4) is 11.5 Å². The minimum absolute atomic E-state index is 0.0221. The number of rotatable bonds is 5. The van der Waals surface area contributed by atoms with E-state index in [4.69, 9.17) is 9.94 Å². The number of fused-ring (bicyclic) bond motifs is 1. The number of aromatic nitrogens is 2. The molecule has 27 heavy (non-hydrogen) atoms. The summed E-state index contributed by atoms with van der Waals surface area (Å²) >= 11 is 0. The average molecular weight is 364 g/mol. The molecule has 2 heterocycles. The standard InChI is InChI=1S/C19H16N4O4/c24-18(11-1-2-11)22-17-9-15(5-6-20-17)27-14-3-4-16-12(8-14)7-13(10-21-16)19(25)23-26/h3-11,26H,1-2H2,(H,23,25)(H,20,22,24). The minimum Gasteiger partial charge on any atom is -0.457 e. The first-order chi connectivity index (χ1) is 13.1. The van der Waals surface area contributed by atoms with Gasteiger partial charge in [-0.2, -0.15) is 0 Å². The van der Waals surface area contributed by atoms with E-state index >= 15 is 0 Å². The first kappa shape index (κ1) is 16.9. The van der Waals surface area contributed by atoms with Gasteiger partial charge in [0.05, 0.1) is 11.1 Å². The number of hydrogen-bond acceptors (Lipinski definition) is 6. The molecule has 3 N–H and O–H groups in total. The number of carbonyl (C=O) groups is 2. The number of carbonyl (C=O) groups excluding carboxylic acids is 2. The lowest BCUT2D eigenvalue weighted by atomic mass is 10.1. The van der Waals surface area contributed by atoms with E-state index in [1.165, 1.54) is 6.20 Å². The quantitative estimate of drug-likeness (QED) is 0.474. The summed E-state index contributed by atoms with van der Waals surface area (Å²) in [6.07, 6.45) is 4.78. The fraction of sp³-hybridized carbons (Fsp3) is 0.158. The molecule has 8 heteroatoms. The van der Waals surface area contributed by atoms with Gasteiger partial charge in [0.15, 0.2) is 0 Å². The van der Waals surface area contributed by atoms with Crippen LogP contribution >= 0.6 is 0 Å². The fourth-order valence-corrected chi connectivity index (χ4v) is 2.61. The molecule has 1 aliphatic rings. The Morgan fingerprint density at radius 2 is 1.89 bits per heavy atom. The second-order valence-corrected chi connectivity index (χ2v) is 6.26. The molecule has 1 fully saturated rings. The molecule has 3 aromatic rings. The normalized spacial score (nSPS) is 13.2. The third-order valence-electron chi connectivity index (χ3n) is 4.18. The molecular weight excluding hydrogens is 348 g/mol.